The van der Waals surface area contributed by atoms with Crippen molar-refractivity contribution in [2.45, 2.75) is 25.8 Å². The van der Waals surface area contributed by atoms with E-state index in [0.29, 0.717) is 26.1 Å². The van der Waals surface area contributed by atoms with Gasteiger partial charge in [0.25, 0.3) is 10.2 Å². The van der Waals surface area contributed by atoms with Crippen LogP contribution in [0, 0.1) is 5.92 Å². The van der Waals surface area contributed by atoms with E-state index in [4.69, 9.17) is 5.14 Å². The molecule has 1 saturated heterocycles. The Morgan fingerprint density at radius 2 is 2.29 bits per heavy atom. The van der Waals surface area contributed by atoms with Crippen LogP contribution in [0.1, 0.15) is 19.3 Å². The number of nitrogens with two attached hydrogens (primary N) is 1. The number of likely N-dealkylation sites (tertiary alicyclic amines) is 1. The van der Waals surface area contributed by atoms with Gasteiger partial charge in [-0.25, -0.2) is 9.86 Å². The van der Waals surface area contributed by atoms with Crippen LogP contribution in [0.2, 0.25) is 0 Å². The van der Waals surface area contributed by atoms with E-state index >= 15 is 0 Å². The largest absolute Gasteiger partial charge is 0.342 e. The number of carbonyl (C=O) groups is 1. The van der Waals surface area contributed by atoms with Gasteiger partial charge in [-0.1, -0.05) is 5.21 Å². The number of hydrogen-bond donors (Lipinski definition) is 2. The summed E-state index contributed by atoms with van der Waals surface area (Å²) in [6.07, 6.45) is 5.39. The fourth-order valence-electron chi connectivity index (χ4n) is 2.41. The van der Waals surface area contributed by atoms with E-state index in [2.05, 4.69) is 15.0 Å². The van der Waals surface area contributed by atoms with Crippen molar-refractivity contribution in [3.8, 4) is 0 Å². The molecule has 3 N–H and O–H groups in total. The molecule has 0 aromatic carbocycles. The molecule has 2 rings (SSSR count). The van der Waals surface area contributed by atoms with Crippen molar-refractivity contribution in [1.29, 1.82) is 0 Å². The predicted octanol–water partition coefficient (Wildman–Crippen LogP) is -1.30. The van der Waals surface area contributed by atoms with Gasteiger partial charge in [0.15, 0.2) is 0 Å². The molecule has 0 radical (unpaired) electrons. The molecule has 1 unspecified atom stereocenters. The Morgan fingerprint density at radius 3 is 2.95 bits per heavy atom. The standard InChI is InChI=1S/C11H20N6O3S/c12-21(19,20)14-8-10-2-1-5-16(9-10)11(18)3-6-17-7-4-13-15-17/h4,7,10,14H,1-3,5-6,8-9H2,(H2,12,19,20). The first-order valence-corrected chi connectivity index (χ1v) is 8.38. The molecule has 1 aromatic rings. The highest BCUT2D eigenvalue weighted by molar-refractivity contribution is 7.87. The van der Waals surface area contributed by atoms with Gasteiger partial charge >= 0.3 is 0 Å². The van der Waals surface area contributed by atoms with Gasteiger partial charge in [-0.3, -0.25) is 9.48 Å². The summed E-state index contributed by atoms with van der Waals surface area (Å²) in [6, 6.07) is 0. The van der Waals surface area contributed by atoms with E-state index < -0.39 is 10.2 Å². The van der Waals surface area contributed by atoms with Gasteiger partial charge in [-0.15, -0.1) is 5.10 Å². The van der Waals surface area contributed by atoms with Crippen molar-refractivity contribution >= 4 is 16.1 Å². The van der Waals surface area contributed by atoms with Crippen molar-refractivity contribution in [3.63, 3.8) is 0 Å². The molecule has 1 aliphatic heterocycles. The van der Waals surface area contributed by atoms with Crippen molar-refractivity contribution in [2.24, 2.45) is 11.1 Å². The molecular formula is C11H20N6O3S. The third-order valence-electron chi connectivity index (χ3n) is 3.47. The van der Waals surface area contributed by atoms with E-state index in [-0.39, 0.29) is 18.4 Å². The number of rotatable bonds is 6. The predicted molar refractivity (Wildman–Crippen MR) is 75.1 cm³/mol. The highest BCUT2D eigenvalue weighted by Crippen LogP contribution is 2.16. The molecule has 21 heavy (non-hydrogen) atoms. The lowest BCUT2D eigenvalue weighted by atomic mass is 9.98. The van der Waals surface area contributed by atoms with Gasteiger partial charge in [0.1, 0.15) is 0 Å². The molecule has 0 spiro atoms. The van der Waals surface area contributed by atoms with Crippen molar-refractivity contribution < 1.29 is 13.2 Å². The smallest absolute Gasteiger partial charge is 0.274 e. The summed E-state index contributed by atoms with van der Waals surface area (Å²) in [6.45, 7) is 2.03. The summed E-state index contributed by atoms with van der Waals surface area (Å²) in [5, 5.41) is 12.4. The van der Waals surface area contributed by atoms with E-state index in [1.807, 2.05) is 0 Å². The minimum atomic E-state index is -3.67. The highest BCUT2D eigenvalue weighted by Gasteiger charge is 2.24. The van der Waals surface area contributed by atoms with Crippen molar-refractivity contribution in [1.82, 2.24) is 24.6 Å². The number of piperidine rings is 1. The molecule has 10 heteroatoms. The summed E-state index contributed by atoms with van der Waals surface area (Å²) in [5.41, 5.74) is 0. The maximum Gasteiger partial charge on any atom is 0.274 e. The first-order chi connectivity index (χ1) is 9.94. The Balaban J connectivity index is 1.78. The highest BCUT2D eigenvalue weighted by atomic mass is 32.2. The zero-order valence-corrected chi connectivity index (χ0v) is 12.5. The Kier molecular flexibility index (Phi) is 5.26. The molecule has 1 atom stereocenters. The van der Waals surface area contributed by atoms with Crippen LogP contribution in [0.15, 0.2) is 12.4 Å². The fraction of sp³-hybridized carbons (Fsp3) is 0.727. The summed E-state index contributed by atoms with van der Waals surface area (Å²) >= 11 is 0. The average molecular weight is 316 g/mol. The fourth-order valence-corrected chi connectivity index (χ4v) is 2.88. The number of nitrogens with zero attached hydrogens (tertiary/aromatic N) is 4. The van der Waals surface area contributed by atoms with E-state index in [1.165, 1.54) is 0 Å². The number of aryl methyl sites for hydroxylation is 1. The van der Waals surface area contributed by atoms with Gasteiger partial charge in [-0.05, 0) is 18.8 Å². The topological polar surface area (TPSA) is 123 Å². The molecule has 1 amide bonds. The number of hydrogen-bond acceptors (Lipinski definition) is 5. The van der Waals surface area contributed by atoms with Gasteiger partial charge < -0.3 is 4.90 Å². The average Bonchev–Trinajstić information content (AvgIpc) is 2.95. The van der Waals surface area contributed by atoms with Crippen LogP contribution in [0.5, 0.6) is 0 Å². The molecular weight excluding hydrogens is 296 g/mol. The van der Waals surface area contributed by atoms with Crippen LogP contribution in [0.25, 0.3) is 0 Å². The molecule has 9 nitrogen and oxygen atoms in total. The number of nitrogens with one attached hydrogen (secondary N) is 1. The number of carbonyl (C=O) groups excluding carboxylic acids is 1. The van der Waals surface area contributed by atoms with Crippen LogP contribution in [-0.2, 0) is 21.5 Å². The lowest BCUT2D eigenvalue weighted by Gasteiger charge is -2.32. The second kappa shape index (κ2) is 6.96. The van der Waals surface area contributed by atoms with Crippen molar-refractivity contribution in [3.05, 3.63) is 12.4 Å². The van der Waals surface area contributed by atoms with Crippen LogP contribution in [0.4, 0.5) is 0 Å². The Hall–Kier alpha value is -1.52. The zero-order valence-electron chi connectivity index (χ0n) is 11.7. The van der Waals surface area contributed by atoms with E-state index in [0.717, 1.165) is 12.8 Å². The monoisotopic (exact) mass is 316 g/mol. The minimum Gasteiger partial charge on any atom is -0.342 e. The minimum absolute atomic E-state index is 0.0470. The third kappa shape index (κ3) is 5.40. The summed E-state index contributed by atoms with van der Waals surface area (Å²) in [4.78, 5) is 13.9. The van der Waals surface area contributed by atoms with Crippen LogP contribution < -0.4 is 9.86 Å². The van der Waals surface area contributed by atoms with Gasteiger partial charge in [0.05, 0.1) is 12.7 Å². The lowest BCUT2D eigenvalue weighted by molar-refractivity contribution is -0.133. The Bertz CT molecular complexity index is 559. The third-order valence-corrected chi connectivity index (χ3v) is 4.04. The SMILES string of the molecule is NS(=O)(=O)NCC1CCCN(C(=O)CCn2ccnn2)C1. The zero-order chi connectivity index (χ0) is 15.3. The first kappa shape index (κ1) is 15.9. The molecule has 0 saturated carbocycles. The molecule has 0 aliphatic carbocycles. The first-order valence-electron chi connectivity index (χ1n) is 6.83. The van der Waals surface area contributed by atoms with Crippen LogP contribution >= 0.6 is 0 Å². The second-order valence-electron chi connectivity index (χ2n) is 5.16. The summed E-state index contributed by atoms with van der Waals surface area (Å²) in [7, 11) is -3.67. The van der Waals surface area contributed by atoms with Crippen molar-refractivity contribution in [2.75, 3.05) is 19.6 Å². The molecule has 2 heterocycles. The number of amides is 1. The maximum atomic E-state index is 12.1. The molecule has 0 bridgehead atoms. The number of aromatic nitrogens is 3. The second-order valence-corrected chi connectivity index (χ2v) is 6.54. The van der Waals surface area contributed by atoms with Gasteiger partial charge in [0.2, 0.25) is 5.91 Å². The van der Waals surface area contributed by atoms with Crippen LogP contribution in [0.3, 0.4) is 0 Å². The Labute approximate surface area is 123 Å². The molecule has 1 fully saturated rings. The summed E-state index contributed by atoms with van der Waals surface area (Å²) in [5.74, 6) is 0.151. The summed E-state index contributed by atoms with van der Waals surface area (Å²) < 4.78 is 25.7. The normalized spacial score (nSPS) is 19.7. The van der Waals surface area contributed by atoms with E-state index in [1.54, 1.807) is 22.0 Å². The molecule has 1 aromatic heterocycles. The Morgan fingerprint density at radius 1 is 1.48 bits per heavy atom. The molecule has 1 aliphatic rings. The molecule has 118 valence electrons. The lowest BCUT2D eigenvalue weighted by Crippen LogP contribution is -2.44. The van der Waals surface area contributed by atoms with Crippen LogP contribution in [-0.4, -0.2) is 53.9 Å². The van der Waals surface area contributed by atoms with Gasteiger partial charge in [0, 0.05) is 32.3 Å². The maximum absolute atomic E-state index is 12.1. The van der Waals surface area contributed by atoms with Gasteiger partial charge in [-0.2, -0.15) is 8.42 Å². The quantitative estimate of drug-likeness (QED) is 0.675. The van der Waals surface area contributed by atoms with E-state index in [9.17, 15) is 13.2 Å².